The van der Waals surface area contributed by atoms with Gasteiger partial charge in [-0.3, -0.25) is 0 Å². The molecule has 1 aliphatic heterocycles. The lowest BCUT2D eigenvalue weighted by atomic mass is 9.93. The molecule has 1 aliphatic rings. The zero-order valence-electron chi connectivity index (χ0n) is 9.05. The van der Waals surface area contributed by atoms with E-state index in [-0.39, 0.29) is 4.21 Å². The number of hydrogen-bond acceptors (Lipinski definition) is 5. The van der Waals surface area contributed by atoms with Gasteiger partial charge in [0.05, 0.1) is 6.07 Å². The number of hydrogen-bond donors (Lipinski definition) is 1. The highest BCUT2D eigenvalue weighted by atomic mass is 32.2. The molecular formula is C10H12N2O3S2. The van der Waals surface area contributed by atoms with Crippen molar-refractivity contribution < 1.29 is 13.2 Å². The molecule has 1 aromatic rings. The molecule has 0 atom stereocenters. The van der Waals surface area contributed by atoms with Gasteiger partial charge in [-0.1, -0.05) is 6.07 Å². The summed E-state index contributed by atoms with van der Waals surface area (Å²) in [5.41, 5.74) is -1.03. The lowest BCUT2D eigenvalue weighted by molar-refractivity contribution is 0.0652. The van der Waals surface area contributed by atoms with Gasteiger partial charge in [0.15, 0.2) is 0 Å². The van der Waals surface area contributed by atoms with Gasteiger partial charge in [0.1, 0.15) is 9.75 Å². The highest BCUT2D eigenvalue weighted by Crippen LogP contribution is 2.24. The fraction of sp³-hybridized carbons (Fsp3) is 0.500. The predicted molar refractivity (Wildman–Crippen MR) is 63.0 cm³/mol. The zero-order valence-corrected chi connectivity index (χ0v) is 10.7. The molecule has 0 amide bonds. The van der Waals surface area contributed by atoms with Crippen LogP contribution in [0.3, 0.4) is 0 Å². The number of thiophene rings is 1. The minimum atomic E-state index is -3.60. The van der Waals surface area contributed by atoms with E-state index in [0.717, 1.165) is 11.3 Å². The second-order valence-electron chi connectivity index (χ2n) is 3.84. The van der Waals surface area contributed by atoms with Crippen LogP contribution in [-0.2, 0) is 14.8 Å². The molecule has 0 radical (unpaired) electrons. The lowest BCUT2D eigenvalue weighted by Crippen LogP contribution is -2.50. The fourth-order valence-electron chi connectivity index (χ4n) is 1.68. The van der Waals surface area contributed by atoms with E-state index >= 15 is 0 Å². The molecule has 0 bridgehead atoms. The van der Waals surface area contributed by atoms with Crippen LogP contribution in [-0.4, -0.2) is 27.2 Å². The van der Waals surface area contributed by atoms with E-state index < -0.39 is 15.6 Å². The van der Waals surface area contributed by atoms with Crippen molar-refractivity contribution in [1.29, 1.82) is 5.26 Å². The van der Waals surface area contributed by atoms with Crippen LogP contribution >= 0.6 is 11.3 Å². The van der Waals surface area contributed by atoms with E-state index in [2.05, 4.69) is 10.8 Å². The van der Waals surface area contributed by atoms with Gasteiger partial charge in [-0.25, -0.2) is 8.42 Å². The van der Waals surface area contributed by atoms with Gasteiger partial charge in [-0.05, 0) is 11.4 Å². The van der Waals surface area contributed by atoms with Crippen LogP contribution in [0, 0.1) is 11.3 Å². The summed E-state index contributed by atoms with van der Waals surface area (Å²) in [5, 5.41) is 10.9. The Morgan fingerprint density at radius 3 is 2.71 bits per heavy atom. The summed E-state index contributed by atoms with van der Waals surface area (Å²) in [5.74, 6) is 0. The van der Waals surface area contributed by atoms with Gasteiger partial charge < -0.3 is 4.74 Å². The van der Waals surface area contributed by atoms with Crippen molar-refractivity contribution in [3.63, 3.8) is 0 Å². The van der Waals surface area contributed by atoms with Crippen molar-refractivity contribution in [3.8, 4) is 6.07 Å². The quantitative estimate of drug-likeness (QED) is 0.893. The maximum atomic E-state index is 12.0. The molecule has 0 aromatic carbocycles. The Balaban J connectivity index is 2.22. The molecular weight excluding hydrogens is 260 g/mol. The third-order valence-corrected chi connectivity index (χ3v) is 5.58. The van der Waals surface area contributed by atoms with Crippen LogP contribution in [0.5, 0.6) is 0 Å². The van der Waals surface area contributed by atoms with E-state index in [4.69, 9.17) is 4.74 Å². The number of rotatable bonds is 3. The Labute approximate surface area is 104 Å². The summed E-state index contributed by atoms with van der Waals surface area (Å²) < 4.78 is 32.0. The molecule has 2 rings (SSSR count). The molecule has 0 unspecified atom stereocenters. The molecule has 0 aliphatic carbocycles. The first-order chi connectivity index (χ1) is 8.08. The minimum absolute atomic E-state index is 0.235. The van der Waals surface area contributed by atoms with Crippen molar-refractivity contribution in [1.82, 2.24) is 4.72 Å². The highest BCUT2D eigenvalue weighted by molar-refractivity contribution is 7.91. The first kappa shape index (κ1) is 12.5. The molecule has 2 heterocycles. The predicted octanol–water partition coefficient (Wildman–Crippen LogP) is 1.10. The fourth-order valence-corrected chi connectivity index (χ4v) is 4.05. The summed E-state index contributed by atoms with van der Waals surface area (Å²) >= 11 is 1.14. The Kier molecular flexibility index (Phi) is 3.49. The normalized spacial score (nSPS) is 19.7. The van der Waals surface area contributed by atoms with E-state index in [1.54, 1.807) is 11.4 Å². The number of nitrogens with zero attached hydrogens (tertiary/aromatic N) is 1. The smallest absolute Gasteiger partial charge is 0.251 e. The van der Waals surface area contributed by atoms with E-state index in [1.165, 1.54) is 6.07 Å². The van der Waals surface area contributed by atoms with Crippen LogP contribution in [0.25, 0.3) is 0 Å². The average molecular weight is 272 g/mol. The number of nitriles is 1. The third-order valence-electron chi connectivity index (χ3n) is 2.65. The summed E-state index contributed by atoms with van der Waals surface area (Å²) in [7, 11) is -3.60. The Bertz CT molecular complexity index is 510. The first-order valence-electron chi connectivity index (χ1n) is 5.14. The summed E-state index contributed by atoms with van der Waals surface area (Å²) in [6.07, 6.45) is 0.766. The largest absolute Gasteiger partial charge is 0.381 e. The number of ether oxygens (including phenoxy) is 1. The van der Waals surface area contributed by atoms with Crippen LogP contribution in [0.15, 0.2) is 21.7 Å². The number of nitrogens with one attached hydrogen (secondary N) is 1. The standard InChI is InChI=1S/C10H12N2O3S2/c11-8-10(3-5-15-6-4-10)12-17(13,14)9-2-1-7-16-9/h1-2,7,12H,3-6H2. The van der Waals surface area contributed by atoms with Crippen LogP contribution < -0.4 is 4.72 Å². The second-order valence-corrected chi connectivity index (χ2v) is 6.70. The van der Waals surface area contributed by atoms with Crippen molar-refractivity contribution in [2.45, 2.75) is 22.6 Å². The topological polar surface area (TPSA) is 79.2 Å². The Morgan fingerprint density at radius 2 is 2.18 bits per heavy atom. The molecule has 92 valence electrons. The number of sulfonamides is 1. The molecule has 7 heteroatoms. The van der Waals surface area contributed by atoms with Crippen molar-refractivity contribution in [3.05, 3.63) is 17.5 Å². The first-order valence-corrected chi connectivity index (χ1v) is 7.51. The maximum absolute atomic E-state index is 12.0. The monoisotopic (exact) mass is 272 g/mol. The molecule has 0 spiro atoms. The van der Waals surface area contributed by atoms with Gasteiger partial charge in [0.2, 0.25) is 0 Å². The molecule has 0 saturated carbocycles. The molecule has 17 heavy (non-hydrogen) atoms. The molecule has 1 N–H and O–H groups in total. The second kappa shape index (κ2) is 4.74. The van der Waals surface area contributed by atoms with Crippen molar-refractivity contribution in [2.24, 2.45) is 0 Å². The van der Waals surface area contributed by atoms with Gasteiger partial charge in [-0.15, -0.1) is 11.3 Å². The minimum Gasteiger partial charge on any atom is -0.381 e. The summed E-state index contributed by atoms with van der Waals surface area (Å²) in [6, 6.07) is 5.26. The average Bonchev–Trinajstić information content (AvgIpc) is 2.84. The van der Waals surface area contributed by atoms with Crippen LogP contribution in [0.4, 0.5) is 0 Å². The Hall–Kier alpha value is -0.940. The zero-order chi connectivity index (χ0) is 12.4. The van der Waals surface area contributed by atoms with Crippen molar-refractivity contribution >= 4 is 21.4 Å². The lowest BCUT2D eigenvalue weighted by Gasteiger charge is -2.30. The van der Waals surface area contributed by atoms with Gasteiger partial charge in [0, 0.05) is 26.1 Å². The van der Waals surface area contributed by atoms with E-state index in [9.17, 15) is 13.7 Å². The highest BCUT2D eigenvalue weighted by Gasteiger charge is 2.37. The maximum Gasteiger partial charge on any atom is 0.251 e. The Morgan fingerprint density at radius 1 is 1.47 bits per heavy atom. The van der Waals surface area contributed by atoms with Crippen molar-refractivity contribution in [2.75, 3.05) is 13.2 Å². The van der Waals surface area contributed by atoms with E-state index in [1.807, 2.05) is 0 Å². The third kappa shape index (κ3) is 2.66. The van der Waals surface area contributed by atoms with Crippen LogP contribution in [0.1, 0.15) is 12.8 Å². The summed E-state index contributed by atoms with van der Waals surface area (Å²) in [4.78, 5) is 0. The molecule has 5 nitrogen and oxygen atoms in total. The summed E-state index contributed by atoms with van der Waals surface area (Å²) in [6.45, 7) is 0.807. The van der Waals surface area contributed by atoms with Gasteiger partial charge in [-0.2, -0.15) is 9.98 Å². The molecule has 1 saturated heterocycles. The van der Waals surface area contributed by atoms with Gasteiger partial charge in [0.25, 0.3) is 10.0 Å². The van der Waals surface area contributed by atoms with Crippen LogP contribution in [0.2, 0.25) is 0 Å². The van der Waals surface area contributed by atoms with E-state index in [0.29, 0.717) is 26.1 Å². The molecule has 1 aromatic heterocycles. The molecule has 1 fully saturated rings. The van der Waals surface area contributed by atoms with Gasteiger partial charge >= 0.3 is 0 Å². The SMILES string of the molecule is N#CC1(NS(=O)(=O)c2cccs2)CCOCC1.